The van der Waals surface area contributed by atoms with Crippen molar-refractivity contribution in [3.05, 3.63) is 23.8 Å². The predicted molar refractivity (Wildman–Crippen MR) is 69.5 cm³/mol. The van der Waals surface area contributed by atoms with E-state index in [4.69, 9.17) is 9.47 Å². The van der Waals surface area contributed by atoms with Crippen LogP contribution in [0.15, 0.2) is 18.2 Å². The Morgan fingerprint density at radius 2 is 1.87 bits per heavy atom. The van der Waals surface area contributed by atoms with Crippen LogP contribution in [0.3, 0.4) is 0 Å². The Balaban J connectivity index is -0.000000653. The maximum atomic E-state index is 5.23. The number of hydrogen-bond acceptors (Lipinski definition) is 2. The molecular formula is C11H17BrMgO2. The summed E-state index contributed by atoms with van der Waals surface area (Å²) in [6.07, 6.45) is 1.05. The molecule has 0 spiro atoms. The second-order valence-corrected chi connectivity index (χ2v) is 4.10. The van der Waals surface area contributed by atoms with Crippen LogP contribution in [0.1, 0.15) is 26.6 Å². The zero-order valence-electron chi connectivity index (χ0n) is 11.4. The van der Waals surface area contributed by atoms with Gasteiger partial charge in [-0.1, -0.05) is 28.9 Å². The summed E-state index contributed by atoms with van der Waals surface area (Å²) in [6, 6.07) is 5.98. The van der Waals surface area contributed by atoms with Crippen molar-refractivity contribution in [1.29, 1.82) is 0 Å². The van der Waals surface area contributed by atoms with Gasteiger partial charge in [-0.3, -0.25) is 0 Å². The Kier molecular flexibility index (Phi) is 7.39. The molecule has 0 aliphatic rings. The minimum Gasteiger partial charge on any atom is -1.00 e. The summed E-state index contributed by atoms with van der Waals surface area (Å²) in [5.74, 6) is 1.55. The van der Waals surface area contributed by atoms with Gasteiger partial charge >= 0.3 is 23.1 Å². The minimum absolute atomic E-state index is 0. The Labute approximate surface area is 119 Å². The minimum atomic E-state index is 0. The van der Waals surface area contributed by atoms with Crippen molar-refractivity contribution < 1.29 is 12.3 Å². The third-order valence-electron chi connectivity index (χ3n) is 2.13. The van der Waals surface area contributed by atoms with Gasteiger partial charge in [0.05, 0.1) is 14.2 Å². The fraction of sp³-hybridized carbons (Fsp3) is 0.455. The van der Waals surface area contributed by atoms with Crippen LogP contribution >= 0.6 is 15.9 Å². The number of alkyl halides is 1. The van der Waals surface area contributed by atoms with Gasteiger partial charge in [0, 0.05) is 4.83 Å². The van der Waals surface area contributed by atoms with Crippen LogP contribution in [0.2, 0.25) is 0 Å². The molecule has 0 radical (unpaired) electrons. The molecule has 82 valence electrons. The first-order chi connectivity index (χ1) is 6.72. The van der Waals surface area contributed by atoms with Crippen LogP contribution in [0, 0.1) is 0 Å². The third kappa shape index (κ3) is 3.85. The van der Waals surface area contributed by atoms with Crippen molar-refractivity contribution in [1.82, 2.24) is 0 Å². The Morgan fingerprint density at radius 3 is 2.33 bits per heavy atom. The summed E-state index contributed by atoms with van der Waals surface area (Å²) < 4.78 is 10.4. The summed E-state index contributed by atoms with van der Waals surface area (Å²) >= 11 is 3.60. The monoisotopic (exact) mass is 284 g/mol. The van der Waals surface area contributed by atoms with Crippen LogP contribution in [0.5, 0.6) is 11.5 Å². The molecule has 0 saturated carbocycles. The van der Waals surface area contributed by atoms with Crippen molar-refractivity contribution in [2.24, 2.45) is 0 Å². The van der Waals surface area contributed by atoms with Crippen molar-refractivity contribution >= 4 is 39.0 Å². The molecule has 1 unspecified atom stereocenters. The SMILES string of the molecule is CCC(Br)c1ccc(OC)c(OC)c1.[H-].[H-].[Mg+2]. The van der Waals surface area contributed by atoms with Gasteiger partial charge < -0.3 is 12.3 Å². The molecular weight excluding hydrogens is 268 g/mol. The smallest absolute Gasteiger partial charge is 1.00 e. The molecule has 2 nitrogen and oxygen atoms in total. The zero-order valence-corrected chi connectivity index (χ0v) is 12.4. The number of ether oxygens (including phenoxy) is 2. The number of rotatable bonds is 4. The Morgan fingerprint density at radius 1 is 1.27 bits per heavy atom. The van der Waals surface area contributed by atoms with Crippen LogP contribution < -0.4 is 9.47 Å². The van der Waals surface area contributed by atoms with Gasteiger partial charge in [-0.25, -0.2) is 0 Å². The second kappa shape index (κ2) is 7.36. The maximum absolute atomic E-state index is 5.23. The first kappa shape index (κ1) is 15.1. The molecule has 1 aromatic carbocycles. The normalized spacial score (nSPS) is 11.5. The van der Waals surface area contributed by atoms with Crippen molar-refractivity contribution in [3.8, 4) is 11.5 Å². The topological polar surface area (TPSA) is 18.5 Å². The van der Waals surface area contributed by atoms with E-state index in [0.29, 0.717) is 4.83 Å². The van der Waals surface area contributed by atoms with Crippen molar-refractivity contribution in [2.75, 3.05) is 14.2 Å². The zero-order chi connectivity index (χ0) is 10.6. The van der Waals surface area contributed by atoms with E-state index in [1.165, 1.54) is 5.56 Å². The number of methoxy groups -OCH3 is 2. The molecule has 0 aliphatic carbocycles. The molecule has 0 fully saturated rings. The van der Waals surface area contributed by atoms with E-state index in [1.54, 1.807) is 14.2 Å². The largest absolute Gasteiger partial charge is 2.00 e. The fourth-order valence-electron chi connectivity index (χ4n) is 1.28. The molecule has 0 heterocycles. The van der Waals surface area contributed by atoms with Gasteiger partial charge in [-0.05, 0) is 24.1 Å². The second-order valence-electron chi connectivity index (χ2n) is 2.99. The number of hydrogen-bond donors (Lipinski definition) is 0. The standard InChI is InChI=1S/C11H15BrO2.Mg.2H/c1-4-9(12)8-5-6-10(13-2)11(7-8)14-3;;;/h5-7,9H,4H2,1-3H3;;;/q;+2;2*-1. The number of halogens is 1. The number of benzene rings is 1. The van der Waals surface area contributed by atoms with E-state index in [0.717, 1.165) is 17.9 Å². The third-order valence-corrected chi connectivity index (χ3v) is 3.30. The molecule has 0 aliphatic heterocycles. The molecule has 0 aromatic heterocycles. The van der Waals surface area contributed by atoms with Gasteiger partial charge in [-0.15, -0.1) is 0 Å². The van der Waals surface area contributed by atoms with E-state index in [9.17, 15) is 0 Å². The van der Waals surface area contributed by atoms with E-state index < -0.39 is 0 Å². The molecule has 0 bridgehead atoms. The van der Waals surface area contributed by atoms with Crippen LogP contribution in [0.4, 0.5) is 0 Å². The molecule has 0 amide bonds. The van der Waals surface area contributed by atoms with Crippen molar-refractivity contribution in [2.45, 2.75) is 18.2 Å². The van der Waals surface area contributed by atoms with E-state index in [2.05, 4.69) is 22.9 Å². The van der Waals surface area contributed by atoms with Gasteiger partial charge in [0.25, 0.3) is 0 Å². The van der Waals surface area contributed by atoms with Gasteiger partial charge in [0.1, 0.15) is 0 Å². The van der Waals surface area contributed by atoms with Crippen LogP contribution in [-0.2, 0) is 0 Å². The molecule has 1 atom stereocenters. The quantitative estimate of drug-likeness (QED) is 0.623. The fourth-order valence-corrected chi connectivity index (χ4v) is 1.57. The van der Waals surface area contributed by atoms with Gasteiger partial charge in [-0.2, -0.15) is 0 Å². The molecule has 1 aromatic rings. The maximum Gasteiger partial charge on any atom is 2.00 e. The molecule has 0 N–H and O–H groups in total. The molecule has 1 rings (SSSR count). The van der Waals surface area contributed by atoms with Crippen LogP contribution in [-0.4, -0.2) is 37.3 Å². The molecule has 0 saturated heterocycles. The van der Waals surface area contributed by atoms with E-state index in [-0.39, 0.29) is 25.9 Å². The summed E-state index contributed by atoms with van der Waals surface area (Å²) in [6.45, 7) is 2.14. The first-order valence-corrected chi connectivity index (χ1v) is 5.50. The molecule has 15 heavy (non-hydrogen) atoms. The van der Waals surface area contributed by atoms with Crippen LogP contribution in [0.25, 0.3) is 0 Å². The average molecular weight is 285 g/mol. The van der Waals surface area contributed by atoms with Gasteiger partial charge in [0.15, 0.2) is 11.5 Å². The average Bonchev–Trinajstić information content (AvgIpc) is 2.26. The summed E-state index contributed by atoms with van der Waals surface area (Å²) in [5.41, 5.74) is 1.21. The van der Waals surface area contributed by atoms with Crippen molar-refractivity contribution in [3.63, 3.8) is 0 Å². The summed E-state index contributed by atoms with van der Waals surface area (Å²) in [7, 11) is 3.29. The Hall–Kier alpha value is 0.0662. The molecule has 4 heteroatoms. The van der Waals surface area contributed by atoms with Gasteiger partial charge in [0.2, 0.25) is 0 Å². The van der Waals surface area contributed by atoms with E-state index in [1.807, 2.05) is 18.2 Å². The first-order valence-electron chi connectivity index (χ1n) is 4.59. The predicted octanol–water partition coefficient (Wildman–Crippen LogP) is 3.39. The van der Waals surface area contributed by atoms with E-state index >= 15 is 0 Å². The summed E-state index contributed by atoms with van der Waals surface area (Å²) in [4.78, 5) is 0.377. The Bertz CT molecular complexity index is 314. The summed E-state index contributed by atoms with van der Waals surface area (Å²) in [5, 5.41) is 0.